The highest BCUT2D eigenvalue weighted by Crippen LogP contribution is 2.30. The lowest BCUT2D eigenvalue weighted by molar-refractivity contribution is 0.0315. The van der Waals surface area contributed by atoms with Gasteiger partial charge in [-0.3, -0.25) is 4.57 Å². The molecule has 27 heavy (non-hydrogen) atoms. The minimum atomic E-state index is 0.296. The Kier molecular flexibility index (Phi) is 5.75. The first-order chi connectivity index (χ1) is 13.3. The minimum absolute atomic E-state index is 0.296. The van der Waals surface area contributed by atoms with E-state index in [-0.39, 0.29) is 0 Å². The number of rotatable bonds is 6. The molecule has 2 aromatic carbocycles. The number of hydrogen-bond donors (Lipinski definition) is 0. The van der Waals surface area contributed by atoms with Gasteiger partial charge in [-0.2, -0.15) is 0 Å². The molecule has 3 aromatic rings. The molecule has 4 rings (SSSR count). The van der Waals surface area contributed by atoms with Gasteiger partial charge in [-0.05, 0) is 43.5 Å². The van der Waals surface area contributed by atoms with Crippen molar-refractivity contribution in [3.05, 3.63) is 54.6 Å². The molecule has 0 saturated carbocycles. The third-order valence-corrected chi connectivity index (χ3v) is 5.71. The monoisotopic (exact) mass is 381 g/mol. The van der Waals surface area contributed by atoms with Gasteiger partial charge in [0, 0.05) is 23.6 Å². The molecular weight excluding hydrogens is 358 g/mol. The average molecular weight is 382 g/mol. The van der Waals surface area contributed by atoms with E-state index in [9.17, 15) is 0 Å². The molecule has 1 saturated heterocycles. The summed E-state index contributed by atoms with van der Waals surface area (Å²) >= 11 is 1.71. The van der Waals surface area contributed by atoms with E-state index in [0.717, 1.165) is 46.8 Å². The van der Waals surface area contributed by atoms with Gasteiger partial charge >= 0.3 is 0 Å². The van der Waals surface area contributed by atoms with E-state index < -0.39 is 0 Å². The Labute approximate surface area is 163 Å². The van der Waals surface area contributed by atoms with Crippen molar-refractivity contribution in [2.45, 2.75) is 30.5 Å². The predicted octanol–water partition coefficient (Wildman–Crippen LogP) is 4.60. The van der Waals surface area contributed by atoms with Gasteiger partial charge in [0.05, 0.1) is 13.2 Å². The van der Waals surface area contributed by atoms with Crippen molar-refractivity contribution in [1.29, 1.82) is 0 Å². The standard InChI is InChI=1S/C21H23N3O2S/c1-25-18-12-7-8-16(14-18)20-22-23-21(24(20)17-9-3-2-4-10-17)27-15-19-11-5-6-13-26-19/h2-4,7-10,12,14,19H,5-6,11,13,15H2,1H3. The van der Waals surface area contributed by atoms with Gasteiger partial charge in [0.15, 0.2) is 11.0 Å². The first kappa shape index (κ1) is 18.1. The first-order valence-corrected chi connectivity index (χ1v) is 10.2. The van der Waals surface area contributed by atoms with Gasteiger partial charge in [0.1, 0.15) is 5.75 Å². The van der Waals surface area contributed by atoms with Crippen LogP contribution in [0.3, 0.4) is 0 Å². The molecule has 0 aliphatic carbocycles. The Hall–Kier alpha value is -2.31. The number of para-hydroxylation sites is 1. The maximum Gasteiger partial charge on any atom is 0.196 e. The van der Waals surface area contributed by atoms with Crippen LogP contribution in [0.25, 0.3) is 17.1 Å². The molecule has 0 bridgehead atoms. The Morgan fingerprint density at radius 2 is 2.00 bits per heavy atom. The molecule has 1 aromatic heterocycles. The molecule has 1 aliphatic heterocycles. The third-order valence-electron chi connectivity index (χ3n) is 4.65. The Morgan fingerprint density at radius 3 is 2.78 bits per heavy atom. The van der Waals surface area contributed by atoms with Crippen molar-refractivity contribution in [3.63, 3.8) is 0 Å². The van der Waals surface area contributed by atoms with E-state index in [1.165, 1.54) is 12.8 Å². The summed E-state index contributed by atoms with van der Waals surface area (Å²) < 4.78 is 13.4. The van der Waals surface area contributed by atoms with Crippen LogP contribution < -0.4 is 4.74 Å². The molecule has 2 heterocycles. The number of hydrogen-bond acceptors (Lipinski definition) is 5. The summed E-state index contributed by atoms with van der Waals surface area (Å²) in [6, 6.07) is 18.2. The van der Waals surface area contributed by atoms with E-state index in [1.807, 2.05) is 42.5 Å². The van der Waals surface area contributed by atoms with Gasteiger partial charge in [-0.1, -0.05) is 42.1 Å². The zero-order valence-electron chi connectivity index (χ0n) is 15.4. The smallest absolute Gasteiger partial charge is 0.196 e. The molecule has 5 nitrogen and oxygen atoms in total. The molecule has 1 aliphatic rings. The van der Waals surface area contributed by atoms with Crippen LogP contribution in [0.15, 0.2) is 59.8 Å². The van der Waals surface area contributed by atoms with E-state index in [2.05, 4.69) is 26.9 Å². The maximum atomic E-state index is 5.87. The molecule has 1 fully saturated rings. The Morgan fingerprint density at radius 1 is 1.11 bits per heavy atom. The number of aromatic nitrogens is 3. The van der Waals surface area contributed by atoms with Crippen molar-refractivity contribution in [3.8, 4) is 22.8 Å². The summed E-state index contributed by atoms with van der Waals surface area (Å²) in [6.07, 6.45) is 3.83. The third kappa shape index (κ3) is 4.17. The predicted molar refractivity (Wildman–Crippen MR) is 108 cm³/mol. The largest absolute Gasteiger partial charge is 0.497 e. The van der Waals surface area contributed by atoms with E-state index in [4.69, 9.17) is 9.47 Å². The average Bonchev–Trinajstić information content (AvgIpc) is 3.17. The molecule has 1 atom stereocenters. The van der Waals surface area contributed by atoms with Crippen molar-refractivity contribution in [1.82, 2.24) is 14.8 Å². The SMILES string of the molecule is COc1cccc(-c2nnc(SCC3CCCCO3)n2-c2ccccc2)c1. The number of methoxy groups -OCH3 is 1. The summed E-state index contributed by atoms with van der Waals surface area (Å²) in [4.78, 5) is 0. The minimum Gasteiger partial charge on any atom is -0.497 e. The molecule has 140 valence electrons. The summed E-state index contributed by atoms with van der Waals surface area (Å²) in [5.74, 6) is 2.51. The molecule has 0 amide bonds. The summed E-state index contributed by atoms with van der Waals surface area (Å²) in [6.45, 7) is 0.867. The van der Waals surface area contributed by atoms with Crippen LogP contribution in [-0.2, 0) is 4.74 Å². The molecular formula is C21H23N3O2S. The van der Waals surface area contributed by atoms with E-state index in [0.29, 0.717) is 6.10 Å². The number of nitrogens with zero attached hydrogens (tertiary/aromatic N) is 3. The van der Waals surface area contributed by atoms with Gasteiger partial charge in [0.2, 0.25) is 0 Å². The number of ether oxygens (including phenoxy) is 2. The normalized spacial score (nSPS) is 17.0. The number of benzene rings is 2. The highest BCUT2D eigenvalue weighted by molar-refractivity contribution is 7.99. The van der Waals surface area contributed by atoms with Crippen LogP contribution in [0.2, 0.25) is 0 Å². The van der Waals surface area contributed by atoms with Crippen molar-refractivity contribution in [2.75, 3.05) is 19.5 Å². The van der Waals surface area contributed by atoms with Crippen molar-refractivity contribution in [2.24, 2.45) is 0 Å². The summed E-state index contributed by atoms with van der Waals surface area (Å²) in [5, 5.41) is 9.87. The first-order valence-electron chi connectivity index (χ1n) is 9.25. The lowest BCUT2D eigenvalue weighted by atomic mass is 10.1. The van der Waals surface area contributed by atoms with Gasteiger partial charge < -0.3 is 9.47 Å². The van der Waals surface area contributed by atoms with E-state index >= 15 is 0 Å². The molecule has 1 unspecified atom stereocenters. The highest BCUT2D eigenvalue weighted by atomic mass is 32.2. The zero-order chi connectivity index (χ0) is 18.5. The second-order valence-corrected chi connectivity index (χ2v) is 7.50. The topological polar surface area (TPSA) is 49.2 Å². The van der Waals surface area contributed by atoms with Gasteiger partial charge in [-0.25, -0.2) is 0 Å². The van der Waals surface area contributed by atoms with E-state index in [1.54, 1.807) is 18.9 Å². The highest BCUT2D eigenvalue weighted by Gasteiger charge is 2.19. The summed E-state index contributed by atoms with van der Waals surface area (Å²) in [7, 11) is 1.67. The van der Waals surface area contributed by atoms with Crippen molar-refractivity contribution < 1.29 is 9.47 Å². The molecule has 0 N–H and O–H groups in total. The van der Waals surface area contributed by atoms with Gasteiger partial charge in [-0.15, -0.1) is 10.2 Å². The Balaban J connectivity index is 1.68. The fraction of sp³-hybridized carbons (Fsp3) is 0.333. The van der Waals surface area contributed by atoms with Crippen LogP contribution in [0.1, 0.15) is 19.3 Å². The fourth-order valence-corrected chi connectivity index (χ4v) is 4.25. The summed E-state index contributed by atoms with van der Waals surface area (Å²) in [5.41, 5.74) is 2.03. The van der Waals surface area contributed by atoms with Gasteiger partial charge in [0.25, 0.3) is 0 Å². The van der Waals surface area contributed by atoms with Crippen LogP contribution in [0.5, 0.6) is 5.75 Å². The molecule has 0 radical (unpaired) electrons. The van der Waals surface area contributed by atoms with Crippen LogP contribution >= 0.6 is 11.8 Å². The Bertz CT molecular complexity index is 876. The molecule has 0 spiro atoms. The lowest BCUT2D eigenvalue weighted by Crippen LogP contribution is -2.21. The second kappa shape index (κ2) is 8.59. The van der Waals surface area contributed by atoms with Crippen LogP contribution in [0.4, 0.5) is 0 Å². The fourth-order valence-electron chi connectivity index (χ4n) is 3.23. The van der Waals surface area contributed by atoms with Crippen LogP contribution in [-0.4, -0.2) is 40.3 Å². The quantitative estimate of drug-likeness (QED) is 0.584. The maximum absolute atomic E-state index is 5.87. The second-order valence-electron chi connectivity index (χ2n) is 6.51. The molecule has 6 heteroatoms. The van der Waals surface area contributed by atoms with Crippen molar-refractivity contribution >= 4 is 11.8 Å². The zero-order valence-corrected chi connectivity index (χ0v) is 16.2. The van der Waals surface area contributed by atoms with Crippen LogP contribution in [0, 0.1) is 0 Å². The number of thioether (sulfide) groups is 1. The lowest BCUT2D eigenvalue weighted by Gasteiger charge is -2.22.